The van der Waals surface area contributed by atoms with E-state index in [0.717, 1.165) is 12.0 Å². The molecule has 2 rings (SSSR count). The van der Waals surface area contributed by atoms with E-state index in [1.807, 2.05) is 31.2 Å². The van der Waals surface area contributed by atoms with E-state index in [0.29, 0.717) is 0 Å². The second-order valence-electron chi connectivity index (χ2n) is 3.81. The maximum atomic E-state index is 5.79. The molecule has 2 aromatic rings. The van der Waals surface area contributed by atoms with Gasteiger partial charge >= 0.3 is 0 Å². The summed E-state index contributed by atoms with van der Waals surface area (Å²) in [5.41, 5.74) is 6.85. The van der Waals surface area contributed by atoms with Gasteiger partial charge in [-0.15, -0.1) is 0 Å². The lowest BCUT2D eigenvalue weighted by Gasteiger charge is -2.00. The predicted molar refractivity (Wildman–Crippen MR) is 69.1 cm³/mol. The van der Waals surface area contributed by atoms with Gasteiger partial charge in [0.15, 0.2) is 0 Å². The van der Waals surface area contributed by atoms with Gasteiger partial charge in [0.2, 0.25) is 0 Å². The molecule has 0 aliphatic carbocycles. The minimum Gasteiger partial charge on any atom is -0.318 e. The zero-order chi connectivity index (χ0) is 11.4. The van der Waals surface area contributed by atoms with Crippen molar-refractivity contribution in [2.24, 2.45) is 5.73 Å². The number of fused-ring (bicyclic) bond motifs is 1. The quantitative estimate of drug-likeness (QED) is 0.718. The molecule has 0 spiro atoms. The van der Waals surface area contributed by atoms with Crippen molar-refractivity contribution < 1.29 is 0 Å². The Morgan fingerprint density at radius 1 is 1.12 bits per heavy atom. The first-order valence-electron chi connectivity index (χ1n) is 5.56. The van der Waals surface area contributed by atoms with Gasteiger partial charge in [0.1, 0.15) is 0 Å². The van der Waals surface area contributed by atoms with Gasteiger partial charge in [-0.25, -0.2) is 0 Å². The molecule has 16 heavy (non-hydrogen) atoms. The molecule has 0 saturated heterocycles. The van der Waals surface area contributed by atoms with Crippen LogP contribution < -0.4 is 5.73 Å². The van der Waals surface area contributed by atoms with Gasteiger partial charge in [0.25, 0.3) is 0 Å². The fraction of sp³-hybridized carbons (Fsp3) is 0.200. The molecule has 0 aromatic heterocycles. The molecule has 0 fully saturated rings. The monoisotopic (exact) mass is 209 g/mol. The third-order valence-electron chi connectivity index (χ3n) is 2.62. The molecular weight excluding hydrogens is 194 g/mol. The summed E-state index contributed by atoms with van der Waals surface area (Å²) in [6.45, 7) is 2.04. The topological polar surface area (TPSA) is 26.0 Å². The molecule has 0 bridgehead atoms. The van der Waals surface area contributed by atoms with Crippen LogP contribution in [-0.2, 0) is 0 Å². The molecule has 80 valence electrons. The van der Waals surface area contributed by atoms with E-state index in [-0.39, 0.29) is 6.04 Å². The Bertz CT molecular complexity index is 541. The Balaban J connectivity index is 2.47. The van der Waals surface area contributed by atoms with E-state index >= 15 is 0 Å². The Kier molecular flexibility index (Phi) is 3.24. The number of nitrogens with two attached hydrogens (primary N) is 1. The Labute approximate surface area is 96.3 Å². The van der Waals surface area contributed by atoms with Crippen LogP contribution in [0.15, 0.2) is 42.5 Å². The average Bonchev–Trinajstić information content (AvgIpc) is 2.35. The lowest BCUT2D eigenvalue weighted by molar-refractivity contribution is 0.806. The van der Waals surface area contributed by atoms with Crippen LogP contribution in [0.4, 0.5) is 0 Å². The van der Waals surface area contributed by atoms with Crippen LogP contribution in [0.3, 0.4) is 0 Å². The van der Waals surface area contributed by atoms with Crippen LogP contribution in [0.25, 0.3) is 10.8 Å². The maximum absolute atomic E-state index is 5.79. The number of benzene rings is 2. The summed E-state index contributed by atoms with van der Waals surface area (Å²) in [6.07, 6.45) is 0.887. The highest BCUT2D eigenvalue weighted by Gasteiger charge is 1.96. The van der Waals surface area contributed by atoms with Crippen LogP contribution in [0, 0.1) is 11.8 Å². The van der Waals surface area contributed by atoms with Crippen LogP contribution in [0.5, 0.6) is 0 Å². The van der Waals surface area contributed by atoms with E-state index < -0.39 is 0 Å². The second-order valence-corrected chi connectivity index (χ2v) is 3.81. The summed E-state index contributed by atoms with van der Waals surface area (Å²) in [5.74, 6) is 6.23. The fourth-order valence-electron chi connectivity index (χ4n) is 1.61. The first-order chi connectivity index (χ1) is 7.81. The Morgan fingerprint density at radius 2 is 1.88 bits per heavy atom. The van der Waals surface area contributed by atoms with Gasteiger partial charge < -0.3 is 5.73 Å². The predicted octanol–water partition coefficient (Wildman–Crippen LogP) is 2.93. The van der Waals surface area contributed by atoms with Crippen LogP contribution in [-0.4, -0.2) is 6.04 Å². The van der Waals surface area contributed by atoms with Crippen LogP contribution in [0.2, 0.25) is 0 Å². The summed E-state index contributed by atoms with van der Waals surface area (Å²) >= 11 is 0. The lowest BCUT2D eigenvalue weighted by atomic mass is 10.0. The molecule has 0 saturated carbocycles. The van der Waals surface area contributed by atoms with Crippen LogP contribution >= 0.6 is 0 Å². The van der Waals surface area contributed by atoms with Crippen molar-refractivity contribution >= 4 is 10.8 Å². The number of rotatable bonds is 1. The molecule has 0 aliphatic heterocycles. The highest BCUT2D eigenvalue weighted by Crippen LogP contribution is 2.17. The molecule has 0 aliphatic rings. The number of hydrogen-bond acceptors (Lipinski definition) is 1. The third-order valence-corrected chi connectivity index (χ3v) is 2.62. The molecule has 1 heteroatoms. The highest BCUT2D eigenvalue weighted by atomic mass is 14.6. The van der Waals surface area contributed by atoms with Gasteiger partial charge in [0, 0.05) is 5.56 Å². The standard InChI is InChI=1S/C15H15N/c1-2-14(16)11-10-13-8-5-7-12-6-3-4-9-15(12)13/h3-9,14H,2,16H2,1H3. The zero-order valence-electron chi connectivity index (χ0n) is 9.40. The minimum absolute atomic E-state index is 0.0287. The van der Waals surface area contributed by atoms with Gasteiger partial charge in [0.05, 0.1) is 6.04 Å². The van der Waals surface area contributed by atoms with Gasteiger partial charge in [-0.2, -0.15) is 0 Å². The smallest absolute Gasteiger partial charge is 0.0665 e. The third kappa shape index (κ3) is 2.24. The van der Waals surface area contributed by atoms with Crippen molar-refractivity contribution in [1.29, 1.82) is 0 Å². The maximum Gasteiger partial charge on any atom is 0.0665 e. The molecule has 0 heterocycles. The van der Waals surface area contributed by atoms with Crippen molar-refractivity contribution in [3.8, 4) is 11.8 Å². The number of hydrogen-bond donors (Lipinski definition) is 1. The molecule has 2 N–H and O–H groups in total. The first kappa shape index (κ1) is 10.7. The first-order valence-corrected chi connectivity index (χ1v) is 5.56. The van der Waals surface area contributed by atoms with Crippen molar-refractivity contribution in [1.82, 2.24) is 0 Å². The molecule has 0 radical (unpaired) electrons. The highest BCUT2D eigenvalue weighted by molar-refractivity contribution is 5.88. The summed E-state index contributed by atoms with van der Waals surface area (Å²) in [7, 11) is 0. The van der Waals surface area contributed by atoms with E-state index in [2.05, 4.69) is 30.0 Å². The van der Waals surface area contributed by atoms with E-state index in [1.54, 1.807) is 0 Å². The summed E-state index contributed by atoms with van der Waals surface area (Å²) in [5, 5.41) is 2.42. The average molecular weight is 209 g/mol. The summed E-state index contributed by atoms with van der Waals surface area (Å²) in [4.78, 5) is 0. The van der Waals surface area contributed by atoms with Crippen molar-refractivity contribution in [3.63, 3.8) is 0 Å². The van der Waals surface area contributed by atoms with Crippen molar-refractivity contribution in [3.05, 3.63) is 48.0 Å². The van der Waals surface area contributed by atoms with Gasteiger partial charge in [-0.05, 0) is 23.3 Å². The summed E-state index contributed by atoms with van der Waals surface area (Å²) < 4.78 is 0. The molecule has 1 atom stereocenters. The SMILES string of the molecule is CCC(N)C#Cc1cccc2ccccc12. The lowest BCUT2D eigenvalue weighted by Crippen LogP contribution is -2.15. The van der Waals surface area contributed by atoms with Crippen molar-refractivity contribution in [2.75, 3.05) is 0 Å². The second kappa shape index (κ2) is 4.83. The van der Waals surface area contributed by atoms with Crippen LogP contribution in [0.1, 0.15) is 18.9 Å². The molecule has 0 amide bonds. The molecule has 1 unspecified atom stereocenters. The summed E-state index contributed by atoms with van der Waals surface area (Å²) in [6, 6.07) is 14.4. The molecule has 1 nitrogen and oxygen atoms in total. The van der Waals surface area contributed by atoms with E-state index in [4.69, 9.17) is 5.73 Å². The normalized spacial score (nSPS) is 11.9. The molecule has 2 aromatic carbocycles. The Hall–Kier alpha value is -1.78. The minimum atomic E-state index is -0.0287. The zero-order valence-corrected chi connectivity index (χ0v) is 9.40. The fourth-order valence-corrected chi connectivity index (χ4v) is 1.61. The van der Waals surface area contributed by atoms with Gasteiger partial charge in [-0.1, -0.05) is 55.2 Å². The molecular formula is C15H15N. The van der Waals surface area contributed by atoms with Gasteiger partial charge in [-0.3, -0.25) is 0 Å². The Morgan fingerprint density at radius 3 is 2.69 bits per heavy atom. The van der Waals surface area contributed by atoms with E-state index in [1.165, 1.54) is 10.8 Å². The largest absolute Gasteiger partial charge is 0.318 e. The van der Waals surface area contributed by atoms with E-state index in [9.17, 15) is 0 Å². The van der Waals surface area contributed by atoms with Crippen molar-refractivity contribution in [2.45, 2.75) is 19.4 Å².